The topological polar surface area (TPSA) is 84.0 Å². The quantitative estimate of drug-likeness (QED) is 0.510. The SMILES string of the molecule is C[C@H](OC(=O)c1cccc(S(=O)(=O)N(C)c2ccccc2)c1)C(=O)N(C)c1ccccc1. The van der Waals surface area contributed by atoms with Crippen molar-refractivity contribution in [3.8, 4) is 0 Å². The number of carbonyl (C=O) groups excluding carboxylic acids is 2. The minimum atomic E-state index is -3.89. The molecule has 0 saturated heterocycles. The molecule has 32 heavy (non-hydrogen) atoms. The summed E-state index contributed by atoms with van der Waals surface area (Å²) in [4.78, 5) is 26.6. The fourth-order valence-electron chi connectivity index (χ4n) is 3.05. The molecule has 0 bridgehead atoms. The van der Waals surface area contributed by atoms with Gasteiger partial charge in [-0.25, -0.2) is 13.2 Å². The van der Waals surface area contributed by atoms with Crippen LogP contribution in [0.15, 0.2) is 89.8 Å². The summed E-state index contributed by atoms with van der Waals surface area (Å²) in [5.41, 5.74) is 1.19. The summed E-state index contributed by atoms with van der Waals surface area (Å²) < 4.78 is 32.4. The number of likely N-dealkylation sites (N-methyl/N-ethyl adjacent to an activating group) is 1. The first-order valence-corrected chi connectivity index (χ1v) is 11.3. The molecule has 3 aromatic carbocycles. The van der Waals surface area contributed by atoms with Crippen molar-refractivity contribution in [2.45, 2.75) is 17.9 Å². The molecule has 0 N–H and O–H groups in total. The van der Waals surface area contributed by atoms with Crippen LogP contribution in [0.5, 0.6) is 0 Å². The fraction of sp³-hybridized carbons (Fsp3) is 0.167. The van der Waals surface area contributed by atoms with Crippen molar-refractivity contribution in [3.63, 3.8) is 0 Å². The van der Waals surface area contributed by atoms with Crippen LogP contribution in [0.4, 0.5) is 11.4 Å². The van der Waals surface area contributed by atoms with Crippen molar-refractivity contribution in [1.82, 2.24) is 0 Å². The first-order chi connectivity index (χ1) is 15.2. The molecule has 166 valence electrons. The highest BCUT2D eigenvalue weighted by molar-refractivity contribution is 7.92. The number of hydrogen-bond acceptors (Lipinski definition) is 5. The maximum absolute atomic E-state index is 13.0. The number of ether oxygens (including phenoxy) is 1. The smallest absolute Gasteiger partial charge is 0.338 e. The van der Waals surface area contributed by atoms with Gasteiger partial charge in [-0.05, 0) is 49.4 Å². The Bertz CT molecular complexity index is 1200. The van der Waals surface area contributed by atoms with Crippen LogP contribution in [0, 0.1) is 0 Å². The first-order valence-electron chi connectivity index (χ1n) is 9.89. The number of hydrogen-bond donors (Lipinski definition) is 0. The standard InChI is InChI=1S/C24H24N2O5S/c1-18(23(27)25(2)20-12-6-4-7-13-20)31-24(28)19-11-10-16-22(17-19)32(29,30)26(3)21-14-8-5-9-15-21/h4-18H,1-3H3/t18-/m0/s1. The Labute approximate surface area is 187 Å². The minimum Gasteiger partial charge on any atom is -0.449 e. The molecule has 7 nitrogen and oxygen atoms in total. The highest BCUT2D eigenvalue weighted by atomic mass is 32.2. The van der Waals surface area contributed by atoms with Gasteiger partial charge in [-0.3, -0.25) is 9.10 Å². The summed E-state index contributed by atoms with van der Waals surface area (Å²) in [6, 6.07) is 23.1. The molecule has 3 aromatic rings. The summed E-state index contributed by atoms with van der Waals surface area (Å²) in [6.45, 7) is 1.48. The van der Waals surface area contributed by atoms with Crippen molar-refractivity contribution >= 4 is 33.3 Å². The maximum Gasteiger partial charge on any atom is 0.338 e. The molecule has 8 heteroatoms. The van der Waals surface area contributed by atoms with E-state index in [4.69, 9.17) is 4.74 Å². The maximum atomic E-state index is 13.0. The molecule has 0 aromatic heterocycles. The molecule has 0 saturated carbocycles. The second-order valence-electron chi connectivity index (χ2n) is 7.12. The van der Waals surface area contributed by atoms with Crippen LogP contribution < -0.4 is 9.21 Å². The van der Waals surface area contributed by atoms with Gasteiger partial charge in [0.1, 0.15) is 0 Å². The monoisotopic (exact) mass is 452 g/mol. The second kappa shape index (κ2) is 9.65. The van der Waals surface area contributed by atoms with E-state index in [9.17, 15) is 18.0 Å². The summed E-state index contributed by atoms with van der Waals surface area (Å²) in [6.07, 6.45) is -1.06. The summed E-state index contributed by atoms with van der Waals surface area (Å²) >= 11 is 0. The Kier molecular flexibility index (Phi) is 6.95. The normalized spacial score (nSPS) is 12.0. The average Bonchev–Trinajstić information content (AvgIpc) is 2.83. The first kappa shape index (κ1) is 23.0. The highest BCUT2D eigenvalue weighted by Crippen LogP contribution is 2.23. The van der Waals surface area contributed by atoms with E-state index in [0.717, 1.165) is 4.31 Å². The van der Waals surface area contributed by atoms with Crippen LogP contribution in [0.1, 0.15) is 17.3 Å². The van der Waals surface area contributed by atoms with Crippen molar-refractivity contribution in [2.75, 3.05) is 23.3 Å². The fourth-order valence-corrected chi connectivity index (χ4v) is 4.29. The lowest BCUT2D eigenvalue weighted by molar-refractivity contribution is -0.126. The third-order valence-electron chi connectivity index (χ3n) is 4.95. The van der Waals surface area contributed by atoms with Crippen LogP contribution in [0.3, 0.4) is 0 Å². The van der Waals surface area contributed by atoms with E-state index in [2.05, 4.69) is 0 Å². The van der Waals surface area contributed by atoms with Gasteiger partial charge in [0.05, 0.1) is 16.1 Å². The van der Waals surface area contributed by atoms with Gasteiger partial charge in [0.15, 0.2) is 6.10 Å². The van der Waals surface area contributed by atoms with Crippen LogP contribution in [-0.4, -0.2) is 40.5 Å². The van der Waals surface area contributed by atoms with E-state index >= 15 is 0 Å². The lowest BCUT2D eigenvalue weighted by atomic mass is 10.2. The van der Waals surface area contributed by atoms with Crippen LogP contribution in [0.25, 0.3) is 0 Å². The van der Waals surface area contributed by atoms with Gasteiger partial charge in [-0.15, -0.1) is 0 Å². The van der Waals surface area contributed by atoms with E-state index in [1.165, 1.54) is 43.1 Å². The van der Waals surface area contributed by atoms with E-state index < -0.39 is 28.0 Å². The lowest BCUT2D eigenvalue weighted by Gasteiger charge is -2.22. The predicted molar refractivity (Wildman–Crippen MR) is 123 cm³/mol. The van der Waals surface area contributed by atoms with Gasteiger partial charge in [0, 0.05) is 19.8 Å². The molecule has 0 radical (unpaired) electrons. The molecule has 0 spiro atoms. The van der Waals surface area contributed by atoms with Crippen LogP contribution in [0.2, 0.25) is 0 Å². The van der Waals surface area contributed by atoms with E-state index in [1.807, 2.05) is 6.07 Å². The summed E-state index contributed by atoms with van der Waals surface area (Å²) in [5.74, 6) is -1.19. The zero-order valence-electron chi connectivity index (χ0n) is 18.0. The van der Waals surface area contributed by atoms with Crippen LogP contribution in [-0.2, 0) is 19.6 Å². The third-order valence-corrected chi connectivity index (χ3v) is 6.74. The Morgan fingerprint density at radius 2 is 1.38 bits per heavy atom. The van der Waals surface area contributed by atoms with Crippen molar-refractivity contribution in [2.24, 2.45) is 0 Å². The molecule has 0 aliphatic carbocycles. The minimum absolute atomic E-state index is 0.0366. The third kappa shape index (κ3) is 4.97. The van der Waals surface area contributed by atoms with Gasteiger partial charge in [-0.2, -0.15) is 0 Å². The molecule has 0 aliphatic heterocycles. The molecular weight excluding hydrogens is 428 g/mol. The van der Waals surface area contributed by atoms with Gasteiger partial charge >= 0.3 is 5.97 Å². The number of amides is 1. The number of benzene rings is 3. The van der Waals surface area contributed by atoms with Gasteiger partial charge in [0.25, 0.3) is 15.9 Å². The second-order valence-corrected chi connectivity index (χ2v) is 9.09. The largest absolute Gasteiger partial charge is 0.449 e. The number of para-hydroxylation sites is 2. The zero-order chi connectivity index (χ0) is 23.3. The molecular formula is C24H24N2O5S. The van der Waals surface area contributed by atoms with Crippen LogP contribution >= 0.6 is 0 Å². The Morgan fingerprint density at radius 3 is 1.97 bits per heavy atom. The Hall–Kier alpha value is -3.65. The zero-order valence-corrected chi connectivity index (χ0v) is 18.8. The predicted octanol–water partition coefficient (Wildman–Crippen LogP) is 3.72. The summed E-state index contributed by atoms with van der Waals surface area (Å²) in [5, 5.41) is 0. The molecule has 0 heterocycles. The Morgan fingerprint density at radius 1 is 0.812 bits per heavy atom. The molecule has 1 amide bonds. The number of sulfonamides is 1. The average molecular weight is 453 g/mol. The van der Waals surface area contributed by atoms with E-state index in [1.54, 1.807) is 61.6 Å². The lowest BCUT2D eigenvalue weighted by Crippen LogP contribution is -2.37. The number of carbonyl (C=O) groups is 2. The van der Waals surface area contributed by atoms with Gasteiger partial charge < -0.3 is 9.64 Å². The molecule has 0 fully saturated rings. The highest BCUT2D eigenvalue weighted by Gasteiger charge is 2.25. The number of nitrogens with zero attached hydrogens (tertiary/aromatic N) is 2. The van der Waals surface area contributed by atoms with Crippen molar-refractivity contribution in [1.29, 1.82) is 0 Å². The summed E-state index contributed by atoms with van der Waals surface area (Å²) in [7, 11) is -0.860. The number of rotatable bonds is 7. The molecule has 1 atom stereocenters. The number of anilines is 2. The molecule has 0 unspecified atom stereocenters. The Balaban J connectivity index is 1.76. The van der Waals surface area contributed by atoms with Crippen molar-refractivity contribution < 1.29 is 22.7 Å². The van der Waals surface area contributed by atoms with Gasteiger partial charge in [0.2, 0.25) is 0 Å². The molecule has 0 aliphatic rings. The molecule has 3 rings (SSSR count). The van der Waals surface area contributed by atoms with E-state index in [-0.39, 0.29) is 10.5 Å². The van der Waals surface area contributed by atoms with Crippen molar-refractivity contribution in [3.05, 3.63) is 90.5 Å². The number of esters is 1. The van der Waals surface area contributed by atoms with E-state index in [0.29, 0.717) is 11.4 Å². The van der Waals surface area contributed by atoms with Gasteiger partial charge in [-0.1, -0.05) is 42.5 Å².